The van der Waals surface area contributed by atoms with Crippen molar-refractivity contribution in [2.24, 2.45) is 5.92 Å². The molecule has 0 spiro atoms. The van der Waals surface area contributed by atoms with Gasteiger partial charge < -0.3 is 5.32 Å². The van der Waals surface area contributed by atoms with E-state index in [1.165, 1.54) is 6.42 Å². The molecule has 0 amide bonds. The van der Waals surface area contributed by atoms with E-state index >= 15 is 0 Å². The third kappa shape index (κ3) is 7.03. The molecule has 2 N–H and O–H groups in total. The standard InChI is InChI=1S/C11H26N2/c1-7-8-12-10(9(2)3)13-11(4,5)6/h9-10,12-13H,7-8H2,1-6H3. The van der Waals surface area contributed by atoms with Crippen molar-refractivity contribution >= 4 is 0 Å². The minimum atomic E-state index is 0.190. The van der Waals surface area contributed by atoms with Crippen molar-refractivity contribution in [3.63, 3.8) is 0 Å². The van der Waals surface area contributed by atoms with Gasteiger partial charge in [0, 0.05) is 5.54 Å². The van der Waals surface area contributed by atoms with E-state index in [9.17, 15) is 0 Å². The monoisotopic (exact) mass is 186 g/mol. The van der Waals surface area contributed by atoms with Crippen LogP contribution >= 0.6 is 0 Å². The van der Waals surface area contributed by atoms with Gasteiger partial charge in [0.2, 0.25) is 0 Å². The van der Waals surface area contributed by atoms with Crippen molar-refractivity contribution in [1.82, 2.24) is 10.6 Å². The topological polar surface area (TPSA) is 24.1 Å². The van der Waals surface area contributed by atoms with Gasteiger partial charge in [0.05, 0.1) is 6.17 Å². The van der Waals surface area contributed by atoms with Crippen molar-refractivity contribution in [3.05, 3.63) is 0 Å². The lowest BCUT2D eigenvalue weighted by atomic mass is 10.0. The summed E-state index contributed by atoms with van der Waals surface area (Å²) >= 11 is 0. The number of rotatable bonds is 5. The molecule has 80 valence electrons. The summed E-state index contributed by atoms with van der Waals surface area (Å²) in [5, 5.41) is 7.09. The first-order valence-electron chi connectivity index (χ1n) is 5.38. The molecule has 0 heterocycles. The summed E-state index contributed by atoms with van der Waals surface area (Å²) in [6.45, 7) is 14.4. The molecule has 2 heteroatoms. The highest BCUT2D eigenvalue weighted by Crippen LogP contribution is 2.06. The van der Waals surface area contributed by atoms with Gasteiger partial charge in [0.15, 0.2) is 0 Å². The lowest BCUT2D eigenvalue weighted by molar-refractivity contribution is 0.262. The smallest absolute Gasteiger partial charge is 0.0599 e. The molecule has 0 fully saturated rings. The Morgan fingerprint density at radius 1 is 1.15 bits per heavy atom. The highest BCUT2D eigenvalue weighted by molar-refractivity contribution is 4.78. The second-order valence-corrected chi connectivity index (χ2v) is 5.07. The van der Waals surface area contributed by atoms with E-state index in [0.717, 1.165) is 6.54 Å². The molecule has 0 rings (SSSR count). The molecule has 2 nitrogen and oxygen atoms in total. The molecule has 0 aromatic heterocycles. The van der Waals surface area contributed by atoms with Crippen molar-refractivity contribution in [3.8, 4) is 0 Å². The highest BCUT2D eigenvalue weighted by atomic mass is 15.2. The zero-order chi connectivity index (χ0) is 10.5. The summed E-state index contributed by atoms with van der Waals surface area (Å²) in [6.07, 6.45) is 1.62. The summed E-state index contributed by atoms with van der Waals surface area (Å²) in [6, 6.07) is 0. The molecule has 1 atom stereocenters. The van der Waals surface area contributed by atoms with Crippen LogP contribution in [0.2, 0.25) is 0 Å². The molecule has 0 radical (unpaired) electrons. The van der Waals surface area contributed by atoms with E-state index in [-0.39, 0.29) is 5.54 Å². The molecule has 0 aliphatic rings. The Morgan fingerprint density at radius 2 is 1.69 bits per heavy atom. The Bertz CT molecular complexity index is 125. The average molecular weight is 186 g/mol. The zero-order valence-corrected chi connectivity index (χ0v) is 10.1. The lowest BCUT2D eigenvalue weighted by Crippen LogP contribution is -2.53. The van der Waals surface area contributed by atoms with Gasteiger partial charge in [0.1, 0.15) is 0 Å². The third-order valence-electron chi connectivity index (χ3n) is 1.87. The van der Waals surface area contributed by atoms with Gasteiger partial charge in [-0.25, -0.2) is 0 Å². The van der Waals surface area contributed by atoms with Gasteiger partial charge in [-0.3, -0.25) is 5.32 Å². The second-order valence-electron chi connectivity index (χ2n) is 5.07. The van der Waals surface area contributed by atoms with Crippen molar-refractivity contribution in [1.29, 1.82) is 0 Å². The Labute approximate surface area is 83.5 Å². The first kappa shape index (κ1) is 12.9. The van der Waals surface area contributed by atoms with E-state index in [0.29, 0.717) is 12.1 Å². The molecule has 0 aromatic rings. The van der Waals surface area contributed by atoms with E-state index in [1.54, 1.807) is 0 Å². The maximum absolute atomic E-state index is 3.58. The minimum absolute atomic E-state index is 0.190. The molecule has 0 aromatic carbocycles. The molecule has 1 unspecified atom stereocenters. The maximum Gasteiger partial charge on any atom is 0.0599 e. The number of hydrogen-bond donors (Lipinski definition) is 2. The summed E-state index contributed by atoms with van der Waals surface area (Å²) < 4.78 is 0. The van der Waals surface area contributed by atoms with E-state index in [1.807, 2.05) is 0 Å². The van der Waals surface area contributed by atoms with Gasteiger partial charge in [-0.05, 0) is 39.7 Å². The fourth-order valence-electron chi connectivity index (χ4n) is 1.22. The zero-order valence-electron chi connectivity index (χ0n) is 10.1. The van der Waals surface area contributed by atoms with Gasteiger partial charge in [-0.15, -0.1) is 0 Å². The largest absolute Gasteiger partial charge is 0.302 e. The van der Waals surface area contributed by atoms with Crippen molar-refractivity contribution in [2.75, 3.05) is 6.54 Å². The Kier molecular flexibility index (Phi) is 5.57. The highest BCUT2D eigenvalue weighted by Gasteiger charge is 2.18. The Balaban J connectivity index is 3.95. The first-order chi connectivity index (χ1) is 5.87. The molecule has 13 heavy (non-hydrogen) atoms. The number of nitrogens with one attached hydrogen (secondary N) is 2. The van der Waals surface area contributed by atoms with Crippen LogP contribution in [0.3, 0.4) is 0 Å². The van der Waals surface area contributed by atoms with E-state index in [2.05, 4.69) is 52.2 Å². The van der Waals surface area contributed by atoms with Gasteiger partial charge >= 0.3 is 0 Å². The lowest BCUT2D eigenvalue weighted by Gasteiger charge is -2.31. The van der Waals surface area contributed by atoms with Crippen LogP contribution in [0.25, 0.3) is 0 Å². The fraction of sp³-hybridized carbons (Fsp3) is 1.00. The fourth-order valence-corrected chi connectivity index (χ4v) is 1.22. The van der Waals surface area contributed by atoms with Gasteiger partial charge in [-0.2, -0.15) is 0 Å². The van der Waals surface area contributed by atoms with Crippen LogP contribution in [-0.2, 0) is 0 Å². The van der Waals surface area contributed by atoms with Crippen molar-refractivity contribution in [2.45, 2.75) is 59.7 Å². The van der Waals surface area contributed by atoms with Gasteiger partial charge in [0.25, 0.3) is 0 Å². The summed E-state index contributed by atoms with van der Waals surface area (Å²) in [7, 11) is 0. The van der Waals surface area contributed by atoms with Crippen LogP contribution in [0.1, 0.15) is 48.0 Å². The van der Waals surface area contributed by atoms with Crippen LogP contribution in [0.4, 0.5) is 0 Å². The van der Waals surface area contributed by atoms with Crippen LogP contribution in [0, 0.1) is 5.92 Å². The van der Waals surface area contributed by atoms with E-state index < -0.39 is 0 Å². The van der Waals surface area contributed by atoms with Gasteiger partial charge in [-0.1, -0.05) is 20.8 Å². The Morgan fingerprint density at radius 3 is 2.00 bits per heavy atom. The van der Waals surface area contributed by atoms with Crippen LogP contribution in [0.15, 0.2) is 0 Å². The molecule has 0 bridgehead atoms. The Hall–Kier alpha value is -0.0800. The summed E-state index contributed by atoms with van der Waals surface area (Å²) in [4.78, 5) is 0. The first-order valence-corrected chi connectivity index (χ1v) is 5.38. The molecular weight excluding hydrogens is 160 g/mol. The predicted molar refractivity (Wildman–Crippen MR) is 59.8 cm³/mol. The minimum Gasteiger partial charge on any atom is -0.302 e. The molecule has 0 aliphatic heterocycles. The molecule has 0 saturated carbocycles. The predicted octanol–water partition coefficient (Wildman–Crippen LogP) is 2.36. The SMILES string of the molecule is CCCNC(NC(C)(C)C)C(C)C. The maximum atomic E-state index is 3.58. The number of hydrogen-bond acceptors (Lipinski definition) is 2. The molecule has 0 aliphatic carbocycles. The molecule has 0 saturated heterocycles. The quantitative estimate of drug-likeness (QED) is 0.644. The van der Waals surface area contributed by atoms with Crippen LogP contribution in [-0.4, -0.2) is 18.2 Å². The second kappa shape index (κ2) is 5.61. The van der Waals surface area contributed by atoms with Crippen molar-refractivity contribution < 1.29 is 0 Å². The van der Waals surface area contributed by atoms with Crippen LogP contribution < -0.4 is 10.6 Å². The summed E-state index contributed by atoms with van der Waals surface area (Å²) in [5.41, 5.74) is 0.190. The molecular formula is C11H26N2. The average Bonchev–Trinajstić information content (AvgIpc) is 1.95. The summed E-state index contributed by atoms with van der Waals surface area (Å²) in [5.74, 6) is 0.630. The third-order valence-corrected chi connectivity index (χ3v) is 1.87. The van der Waals surface area contributed by atoms with E-state index in [4.69, 9.17) is 0 Å². The normalized spacial score (nSPS) is 15.0. The van der Waals surface area contributed by atoms with Crippen LogP contribution in [0.5, 0.6) is 0 Å².